The maximum absolute atomic E-state index is 5.68. The summed E-state index contributed by atoms with van der Waals surface area (Å²) in [6, 6.07) is 20.4. The van der Waals surface area contributed by atoms with Gasteiger partial charge in [0, 0.05) is 18.3 Å². The van der Waals surface area contributed by atoms with Crippen molar-refractivity contribution in [2.75, 3.05) is 7.05 Å². The van der Waals surface area contributed by atoms with E-state index < -0.39 is 0 Å². The topological polar surface area (TPSA) is 43.8 Å². The van der Waals surface area contributed by atoms with Gasteiger partial charge in [0.2, 0.25) is 0 Å². The van der Waals surface area contributed by atoms with E-state index in [-0.39, 0.29) is 0 Å². The molecule has 0 spiro atoms. The minimum Gasteiger partial charge on any atom is -0.300 e. The highest BCUT2D eigenvalue weighted by atomic mass is 32.1. The van der Waals surface area contributed by atoms with Crippen LogP contribution in [0, 0.1) is 11.7 Å². The molecule has 2 heterocycles. The molecule has 0 N–H and O–H groups in total. The van der Waals surface area contributed by atoms with E-state index in [4.69, 9.17) is 12.2 Å². The largest absolute Gasteiger partial charge is 0.300 e. The molecule has 7 heteroatoms. The Kier molecular flexibility index (Phi) is 5.69. The summed E-state index contributed by atoms with van der Waals surface area (Å²) >= 11 is 5.68. The maximum atomic E-state index is 5.68. The fourth-order valence-corrected chi connectivity index (χ4v) is 3.64. The van der Waals surface area contributed by atoms with Gasteiger partial charge in [-0.1, -0.05) is 48.5 Å². The van der Waals surface area contributed by atoms with Crippen LogP contribution in [0.5, 0.6) is 0 Å². The molecule has 148 valence electrons. The van der Waals surface area contributed by atoms with E-state index in [1.165, 1.54) is 5.56 Å². The Labute approximate surface area is 175 Å². The highest BCUT2D eigenvalue weighted by molar-refractivity contribution is 7.71. The van der Waals surface area contributed by atoms with Gasteiger partial charge in [-0.25, -0.2) is 9.36 Å². The van der Waals surface area contributed by atoms with Crippen LogP contribution in [0.2, 0.25) is 0 Å². The smallest absolute Gasteiger partial charge is 0.199 e. The Morgan fingerprint density at radius 2 is 1.66 bits per heavy atom. The lowest BCUT2D eigenvalue weighted by atomic mass is 10.2. The molecule has 29 heavy (non-hydrogen) atoms. The maximum Gasteiger partial charge on any atom is 0.199 e. The van der Waals surface area contributed by atoms with E-state index in [2.05, 4.69) is 45.0 Å². The summed E-state index contributed by atoms with van der Waals surface area (Å²) < 4.78 is 6.59. The Balaban J connectivity index is 1.44. The first-order valence-electron chi connectivity index (χ1n) is 9.56. The molecule has 0 radical (unpaired) electrons. The van der Waals surface area contributed by atoms with Gasteiger partial charge < -0.3 is 0 Å². The predicted molar refractivity (Wildman–Crippen MR) is 116 cm³/mol. The van der Waals surface area contributed by atoms with Crippen molar-refractivity contribution in [1.82, 2.24) is 29.0 Å². The summed E-state index contributed by atoms with van der Waals surface area (Å²) in [6.07, 6.45) is 3.96. The Morgan fingerprint density at radius 3 is 2.38 bits per heavy atom. The summed E-state index contributed by atoms with van der Waals surface area (Å²) in [4.78, 5) is 2.18. The van der Waals surface area contributed by atoms with Crippen molar-refractivity contribution >= 4 is 12.2 Å². The van der Waals surface area contributed by atoms with E-state index in [0.29, 0.717) is 6.67 Å². The summed E-state index contributed by atoms with van der Waals surface area (Å²) in [6.45, 7) is 4.12. The molecular weight excluding hydrogens is 380 g/mol. The van der Waals surface area contributed by atoms with E-state index in [1.54, 1.807) is 0 Å². The normalized spacial score (nSPS) is 11.3. The number of nitrogens with zero attached hydrogens (tertiary/aromatic N) is 6. The van der Waals surface area contributed by atoms with E-state index in [1.807, 2.05) is 71.0 Å². The molecule has 0 amide bonds. The first kappa shape index (κ1) is 19.3. The third-order valence-electron chi connectivity index (χ3n) is 4.78. The molecular formula is C22H24N6S. The fourth-order valence-electron chi connectivity index (χ4n) is 3.34. The number of hydrogen-bond acceptors (Lipinski definition) is 4. The summed E-state index contributed by atoms with van der Waals surface area (Å²) in [5.41, 5.74) is 3.41. The van der Waals surface area contributed by atoms with Crippen LogP contribution in [0.25, 0.3) is 5.69 Å². The first-order chi connectivity index (χ1) is 14.1. The zero-order chi connectivity index (χ0) is 20.2. The molecule has 0 aliphatic rings. The van der Waals surface area contributed by atoms with Crippen molar-refractivity contribution in [3.63, 3.8) is 0 Å². The lowest BCUT2D eigenvalue weighted by Crippen LogP contribution is -2.22. The van der Waals surface area contributed by atoms with Crippen LogP contribution in [0.4, 0.5) is 0 Å². The lowest BCUT2D eigenvalue weighted by Gasteiger charge is -2.15. The molecule has 0 bridgehead atoms. The van der Waals surface area contributed by atoms with Crippen molar-refractivity contribution in [3.8, 4) is 5.69 Å². The van der Waals surface area contributed by atoms with Gasteiger partial charge in [-0.3, -0.25) is 9.47 Å². The highest BCUT2D eigenvalue weighted by Gasteiger charge is 2.11. The van der Waals surface area contributed by atoms with E-state index >= 15 is 0 Å². The van der Waals surface area contributed by atoms with Crippen LogP contribution in [0.3, 0.4) is 0 Å². The van der Waals surface area contributed by atoms with Crippen LogP contribution in [-0.2, 0) is 19.8 Å². The van der Waals surface area contributed by atoms with Crippen molar-refractivity contribution in [1.29, 1.82) is 0 Å². The number of benzene rings is 2. The van der Waals surface area contributed by atoms with Gasteiger partial charge in [0.1, 0.15) is 5.82 Å². The molecule has 0 atom stereocenters. The van der Waals surface area contributed by atoms with Crippen molar-refractivity contribution in [2.24, 2.45) is 0 Å². The fraction of sp³-hybridized carbons (Fsp3) is 0.227. The molecule has 0 aliphatic carbocycles. The molecule has 4 rings (SSSR count). The second-order valence-corrected chi connectivity index (χ2v) is 7.55. The molecule has 2 aromatic heterocycles. The minimum atomic E-state index is 0.623. The van der Waals surface area contributed by atoms with Crippen LogP contribution in [0.1, 0.15) is 17.0 Å². The van der Waals surface area contributed by atoms with Gasteiger partial charge >= 0.3 is 0 Å². The molecule has 0 saturated carbocycles. The second kappa shape index (κ2) is 8.55. The molecule has 0 fully saturated rings. The molecule has 2 aromatic carbocycles. The molecule has 0 aliphatic heterocycles. The van der Waals surface area contributed by atoms with Gasteiger partial charge in [-0.05, 0) is 43.9 Å². The third-order valence-corrected chi connectivity index (χ3v) is 5.21. The summed E-state index contributed by atoms with van der Waals surface area (Å²) in [5.74, 6) is 0.921. The van der Waals surface area contributed by atoms with Gasteiger partial charge in [0.25, 0.3) is 0 Å². The number of aryl methyl sites for hydroxylation is 1. The number of aromatic nitrogens is 5. The van der Waals surface area contributed by atoms with Crippen LogP contribution in [-0.4, -0.2) is 36.1 Å². The standard InChI is InChI=1S/C22H24N6S/c1-18-24-28(22(29)26(18)15-19-9-5-3-6-10-19)17-25(2)14-20-13-23-27(16-20)21-11-7-4-8-12-21/h3-13,16H,14-15,17H2,1-2H3. The van der Waals surface area contributed by atoms with E-state index in [9.17, 15) is 0 Å². The van der Waals surface area contributed by atoms with Gasteiger partial charge in [0.15, 0.2) is 4.77 Å². The van der Waals surface area contributed by atoms with Crippen LogP contribution in [0.15, 0.2) is 73.1 Å². The number of rotatable bonds is 7. The number of hydrogen-bond donors (Lipinski definition) is 0. The van der Waals surface area contributed by atoms with Gasteiger partial charge in [-0.15, -0.1) is 0 Å². The number of para-hydroxylation sites is 1. The third kappa shape index (κ3) is 4.52. The predicted octanol–water partition coefficient (Wildman–Crippen LogP) is 4.05. The van der Waals surface area contributed by atoms with Crippen LogP contribution < -0.4 is 0 Å². The molecule has 0 saturated heterocycles. The zero-order valence-corrected chi connectivity index (χ0v) is 17.5. The molecule has 6 nitrogen and oxygen atoms in total. The monoisotopic (exact) mass is 404 g/mol. The summed E-state index contributed by atoms with van der Waals surface area (Å²) in [5, 5.41) is 9.13. The lowest BCUT2D eigenvalue weighted by molar-refractivity contribution is 0.243. The summed E-state index contributed by atoms with van der Waals surface area (Å²) in [7, 11) is 2.06. The molecule has 4 aromatic rings. The SMILES string of the molecule is Cc1nn(CN(C)Cc2cnn(-c3ccccc3)c2)c(=S)n1Cc1ccccc1. The van der Waals surface area contributed by atoms with Gasteiger partial charge in [0.05, 0.1) is 25.1 Å². The first-order valence-corrected chi connectivity index (χ1v) is 9.96. The van der Waals surface area contributed by atoms with Crippen LogP contribution >= 0.6 is 12.2 Å². The Hall–Kier alpha value is -3.03. The van der Waals surface area contributed by atoms with E-state index in [0.717, 1.165) is 34.9 Å². The average Bonchev–Trinajstić information content (AvgIpc) is 3.30. The second-order valence-electron chi connectivity index (χ2n) is 7.19. The highest BCUT2D eigenvalue weighted by Crippen LogP contribution is 2.11. The van der Waals surface area contributed by atoms with Crippen molar-refractivity contribution < 1.29 is 0 Å². The Bertz CT molecular complexity index is 1130. The van der Waals surface area contributed by atoms with Crippen molar-refractivity contribution in [2.45, 2.75) is 26.7 Å². The minimum absolute atomic E-state index is 0.623. The van der Waals surface area contributed by atoms with Crippen molar-refractivity contribution in [3.05, 3.63) is 94.8 Å². The van der Waals surface area contributed by atoms with Gasteiger partial charge in [-0.2, -0.15) is 10.2 Å². The Morgan fingerprint density at radius 1 is 0.966 bits per heavy atom. The zero-order valence-electron chi connectivity index (χ0n) is 16.6. The quantitative estimate of drug-likeness (QED) is 0.436. The average molecular weight is 405 g/mol. The molecule has 0 unspecified atom stereocenters.